The first kappa shape index (κ1) is 25.4. The van der Waals surface area contributed by atoms with Crippen LogP contribution in [-0.2, 0) is 22.6 Å². The van der Waals surface area contributed by atoms with Crippen molar-refractivity contribution in [3.8, 4) is 0 Å². The largest absolute Gasteiger partial charge is 0.481 e. The molecule has 36 heavy (non-hydrogen) atoms. The predicted molar refractivity (Wildman–Crippen MR) is 141 cm³/mol. The fourth-order valence-electron chi connectivity index (χ4n) is 4.70. The lowest BCUT2D eigenvalue weighted by molar-refractivity contribution is -0.137. The molecular formula is C29H33N3O4. The van der Waals surface area contributed by atoms with Crippen molar-refractivity contribution < 1.29 is 19.5 Å². The van der Waals surface area contributed by atoms with E-state index in [-0.39, 0.29) is 31.3 Å². The Morgan fingerprint density at radius 1 is 0.889 bits per heavy atom. The molecule has 0 unspecified atom stereocenters. The SMILES string of the molecule is NCCCCCCc1ccc2c(c1)C(=O)N(CCC(=O)O)CC(=O)N2Cc1ccc2ccccc2c1. The lowest BCUT2D eigenvalue weighted by Crippen LogP contribution is -2.40. The lowest BCUT2D eigenvalue weighted by Gasteiger charge is -2.23. The molecule has 2 amide bonds. The van der Waals surface area contributed by atoms with Gasteiger partial charge >= 0.3 is 5.97 Å². The molecule has 0 aromatic heterocycles. The first-order valence-corrected chi connectivity index (χ1v) is 12.6. The van der Waals surface area contributed by atoms with E-state index in [4.69, 9.17) is 10.8 Å². The minimum atomic E-state index is -1.00. The number of carboxylic acids is 1. The van der Waals surface area contributed by atoms with Crippen molar-refractivity contribution in [1.29, 1.82) is 0 Å². The minimum absolute atomic E-state index is 0.00746. The summed E-state index contributed by atoms with van der Waals surface area (Å²) in [6, 6.07) is 19.9. The van der Waals surface area contributed by atoms with Crippen LogP contribution in [0.25, 0.3) is 10.8 Å². The van der Waals surface area contributed by atoms with Gasteiger partial charge in [-0.05, 0) is 65.9 Å². The van der Waals surface area contributed by atoms with Gasteiger partial charge in [0.1, 0.15) is 6.54 Å². The Bertz CT molecular complexity index is 1260. The van der Waals surface area contributed by atoms with E-state index in [1.165, 1.54) is 4.90 Å². The molecule has 1 aliphatic heterocycles. The Kier molecular flexibility index (Phi) is 8.33. The highest BCUT2D eigenvalue weighted by molar-refractivity contribution is 6.09. The van der Waals surface area contributed by atoms with Crippen LogP contribution < -0.4 is 10.6 Å². The van der Waals surface area contributed by atoms with Crippen molar-refractivity contribution in [3.63, 3.8) is 0 Å². The number of rotatable bonds is 11. The van der Waals surface area contributed by atoms with Crippen molar-refractivity contribution in [1.82, 2.24) is 4.90 Å². The average molecular weight is 488 g/mol. The van der Waals surface area contributed by atoms with Gasteiger partial charge in [-0.15, -0.1) is 0 Å². The van der Waals surface area contributed by atoms with E-state index in [1.807, 2.05) is 54.6 Å². The van der Waals surface area contributed by atoms with Crippen LogP contribution in [0, 0.1) is 0 Å². The second-order valence-corrected chi connectivity index (χ2v) is 9.34. The molecule has 0 bridgehead atoms. The van der Waals surface area contributed by atoms with Gasteiger partial charge < -0.3 is 20.6 Å². The smallest absolute Gasteiger partial charge is 0.305 e. The zero-order chi connectivity index (χ0) is 25.5. The number of benzene rings is 3. The summed E-state index contributed by atoms with van der Waals surface area (Å²) < 4.78 is 0. The molecule has 0 atom stereocenters. The van der Waals surface area contributed by atoms with E-state index < -0.39 is 5.97 Å². The van der Waals surface area contributed by atoms with Crippen molar-refractivity contribution >= 4 is 34.2 Å². The number of hydrogen-bond donors (Lipinski definition) is 2. The third kappa shape index (κ3) is 6.10. The third-order valence-corrected chi connectivity index (χ3v) is 6.67. The van der Waals surface area contributed by atoms with Gasteiger partial charge in [0.25, 0.3) is 5.91 Å². The standard InChI is InChI=1S/C29H33N3O4/c30-15-6-2-1-3-7-21-11-13-26-25(18-21)29(36)31(16-14-28(34)35)20-27(33)32(26)19-22-10-12-23-8-4-5-9-24(23)17-22/h4-5,8-13,17-18H,1-3,6-7,14-16,19-20,30H2,(H,34,35). The molecule has 0 radical (unpaired) electrons. The molecule has 0 saturated carbocycles. The topological polar surface area (TPSA) is 104 Å². The van der Waals surface area contributed by atoms with Gasteiger partial charge in [0, 0.05) is 6.54 Å². The Balaban J connectivity index is 1.64. The van der Waals surface area contributed by atoms with Crippen LogP contribution in [0.4, 0.5) is 5.69 Å². The van der Waals surface area contributed by atoms with Gasteiger partial charge in [0.15, 0.2) is 0 Å². The number of hydrogen-bond acceptors (Lipinski definition) is 4. The van der Waals surface area contributed by atoms with E-state index >= 15 is 0 Å². The van der Waals surface area contributed by atoms with Crippen LogP contribution >= 0.6 is 0 Å². The Morgan fingerprint density at radius 3 is 2.42 bits per heavy atom. The van der Waals surface area contributed by atoms with E-state index in [9.17, 15) is 14.4 Å². The van der Waals surface area contributed by atoms with E-state index in [0.29, 0.717) is 24.3 Å². The number of unbranched alkanes of at least 4 members (excludes halogenated alkanes) is 3. The van der Waals surface area contributed by atoms with Gasteiger partial charge in [-0.2, -0.15) is 0 Å². The summed E-state index contributed by atoms with van der Waals surface area (Å²) in [5, 5.41) is 11.4. The van der Waals surface area contributed by atoms with Crippen molar-refractivity contribution in [2.75, 3.05) is 24.5 Å². The Morgan fingerprint density at radius 2 is 1.64 bits per heavy atom. The number of carbonyl (C=O) groups excluding carboxylic acids is 2. The molecule has 0 spiro atoms. The first-order chi connectivity index (χ1) is 17.5. The zero-order valence-electron chi connectivity index (χ0n) is 20.5. The van der Waals surface area contributed by atoms with Gasteiger partial charge in [0.2, 0.25) is 5.91 Å². The maximum atomic E-state index is 13.5. The Labute approximate surface area is 211 Å². The zero-order valence-corrected chi connectivity index (χ0v) is 20.5. The molecule has 3 aromatic carbocycles. The molecule has 1 heterocycles. The number of anilines is 1. The highest BCUT2D eigenvalue weighted by Crippen LogP contribution is 2.30. The molecule has 0 aliphatic carbocycles. The second kappa shape index (κ2) is 11.8. The first-order valence-electron chi connectivity index (χ1n) is 12.6. The molecule has 3 aromatic rings. The Hall–Kier alpha value is -3.71. The molecule has 188 valence electrons. The molecule has 3 N–H and O–H groups in total. The van der Waals surface area contributed by atoms with E-state index in [2.05, 4.69) is 6.07 Å². The van der Waals surface area contributed by atoms with E-state index in [1.54, 1.807) is 4.90 Å². The van der Waals surface area contributed by atoms with Crippen molar-refractivity contribution in [3.05, 3.63) is 77.4 Å². The van der Waals surface area contributed by atoms with Crippen LogP contribution in [0.2, 0.25) is 0 Å². The number of nitrogens with two attached hydrogens (primary N) is 1. The van der Waals surface area contributed by atoms with Gasteiger partial charge in [-0.1, -0.05) is 55.3 Å². The summed E-state index contributed by atoms with van der Waals surface area (Å²) in [5.74, 6) is -1.53. The number of carbonyl (C=O) groups is 3. The number of fused-ring (bicyclic) bond motifs is 2. The lowest BCUT2D eigenvalue weighted by atomic mass is 10.0. The highest BCUT2D eigenvalue weighted by atomic mass is 16.4. The molecule has 4 rings (SSSR count). The molecule has 7 heteroatoms. The van der Waals surface area contributed by atoms with Crippen LogP contribution in [-0.4, -0.2) is 47.4 Å². The second-order valence-electron chi connectivity index (χ2n) is 9.34. The van der Waals surface area contributed by atoms with E-state index in [0.717, 1.165) is 54.0 Å². The van der Waals surface area contributed by atoms with Crippen LogP contribution in [0.1, 0.15) is 53.6 Å². The van der Waals surface area contributed by atoms with Crippen LogP contribution in [0.5, 0.6) is 0 Å². The molecule has 7 nitrogen and oxygen atoms in total. The number of carboxylic acid groups (broad SMARTS) is 1. The summed E-state index contributed by atoms with van der Waals surface area (Å²) in [6.07, 6.45) is 4.78. The molecule has 0 fully saturated rings. The average Bonchev–Trinajstić information content (AvgIpc) is 2.97. The van der Waals surface area contributed by atoms with Crippen LogP contribution in [0.3, 0.4) is 0 Å². The predicted octanol–water partition coefficient (Wildman–Crippen LogP) is 4.37. The number of nitrogens with zero attached hydrogens (tertiary/aromatic N) is 2. The number of amides is 2. The fourth-order valence-corrected chi connectivity index (χ4v) is 4.70. The minimum Gasteiger partial charge on any atom is -0.481 e. The monoisotopic (exact) mass is 487 g/mol. The normalized spacial score (nSPS) is 13.7. The summed E-state index contributed by atoms with van der Waals surface area (Å²) in [6.45, 7) is 0.866. The van der Waals surface area contributed by atoms with Gasteiger partial charge in [0.05, 0.1) is 24.2 Å². The van der Waals surface area contributed by atoms with Gasteiger partial charge in [-0.3, -0.25) is 14.4 Å². The molecule has 0 saturated heterocycles. The highest BCUT2D eigenvalue weighted by Gasteiger charge is 2.32. The summed E-state index contributed by atoms with van der Waals surface area (Å²) in [7, 11) is 0. The number of aryl methyl sites for hydroxylation is 1. The maximum Gasteiger partial charge on any atom is 0.305 e. The molecule has 1 aliphatic rings. The maximum absolute atomic E-state index is 13.5. The van der Waals surface area contributed by atoms with Crippen LogP contribution in [0.15, 0.2) is 60.7 Å². The third-order valence-electron chi connectivity index (χ3n) is 6.67. The molecular weight excluding hydrogens is 454 g/mol. The quantitative estimate of drug-likeness (QED) is 0.391. The van der Waals surface area contributed by atoms with Crippen molar-refractivity contribution in [2.45, 2.75) is 45.1 Å². The summed E-state index contributed by atoms with van der Waals surface area (Å²) >= 11 is 0. The van der Waals surface area contributed by atoms with Crippen molar-refractivity contribution in [2.24, 2.45) is 5.73 Å². The summed E-state index contributed by atoms with van der Waals surface area (Å²) in [4.78, 5) is 41.1. The van der Waals surface area contributed by atoms with Gasteiger partial charge in [-0.25, -0.2) is 0 Å². The number of aliphatic carboxylic acids is 1. The summed E-state index contributed by atoms with van der Waals surface area (Å²) in [5.41, 5.74) is 8.60. The fraction of sp³-hybridized carbons (Fsp3) is 0.345.